The Labute approximate surface area is 110 Å². The third-order valence-electron chi connectivity index (χ3n) is 3.37. The molecule has 0 bridgehead atoms. The van der Waals surface area contributed by atoms with Gasteiger partial charge < -0.3 is 4.98 Å². The predicted molar refractivity (Wildman–Crippen MR) is 75.4 cm³/mol. The quantitative estimate of drug-likeness (QED) is 0.762. The van der Waals surface area contributed by atoms with Gasteiger partial charge in [0.15, 0.2) is 0 Å². The van der Waals surface area contributed by atoms with E-state index in [1.54, 1.807) is 6.20 Å². The lowest BCUT2D eigenvalue weighted by atomic mass is 10.2. The molecule has 2 aromatic heterocycles. The zero-order valence-corrected chi connectivity index (χ0v) is 11.0. The maximum Gasteiger partial charge on any atom is 0.276 e. The van der Waals surface area contributed by atoms with Gasteiger partial charge in [0, 0.05) is 16.8 Å². The number of nitrogens with zero attached hydrogens (tertiary/aromatic N) is 2. The molecule has 96 valence electrons. The first-order chi connectivity index (χ1) is 9.16. The van der Waals surface area contributed by atoms with Gasteiger partial charge in [-0.15, -0.1) is 0 Å². The molecular formula is C15H15N3O. The maximum absolute atomic E-state index is 12.4. The number of fused-ring (bicyclic) bond motifs is 1. The van der Waals surface area contributed by atoms with Crippen LogP contribution in [-0.2, 0) is 6.54 Å². The van der Waals surface area contributed by atoms with Crippen LogP contribution in [0.3, 0.4) is 0 Å². The van der Waals surface area contributed by atoms with Gasteiger partial charge in [0.1, 0.15) is 0 Å². The van der Waals surface area contributed by atoms with Crippen LogP contribution < -0.4 is 5.56 Å². The summed E-state index contributed by atoms with van der Waals surface area (Å²) in [4.78, 5) is 15.6. The summed E-state index contributed by atoms with van der Waals surface area (Å²) < 4.78 is 1.51. The number of rotatable bonds is 2. The fourth-order valence-corrected chi connectivity index (χ4v) is 2.42. The minimum atomic E-state index is -0.0387. The smallest absolute Gasteiger partial charge is 0.276 e. The predicted octanol–water partition coefficient (Wildman–Crippen LogP) is 2.39. The van der Waals surface area contributed by atoms with E-state index in [2.05, 4.69) is 10.1 Å². The Balaban J connectivity index is 2.13. The molecule has 19 heavy (non-hydrogen) atoms. The monoisotopic (exact) mass is 253 g/mol. The van der Waals surface area contributed by atoms with E-state index >= 15 is 0 Å². The second-order valence-electron chi connectivity index (χ2n) is 4.76. The molecule has 0 radical (unpaired) electrons. The van der Waals surface area contributed by atoms with E-state index in [9.17, 15) is 4.79 Å². The van der Waals surface area contributed by atoms with Gasteiger partial charge in [-0.3, -0.25) is 4.79 Å². The van der Waals surface area contributed by atoms with Crippen molar-refractivity contribution in [2.24, 2.45) is 0 Å². The van der Waals surface area contributed by atoms with Crippen LogP contribution >= 0.6 is 0 Å². The van der Waals surface area contributed by atoms with E-state index < -0.39 is 0 Å². The lowest BCUT2D eigenvalue weighted by Crippen LogP contribution is -2.23. The second kappa shape index (κ2) is 4.39. The number of H-pyrrole nitrogens is 1. The first-order valence-corrected chi connectivity index (χ1v) is 6.26. The van der Waals surface area contributed by atoms with Gasteiger partial charge in [-0.1, -0.05) is 30.3 Å². The Morgan fingerprint density at radius 2 is 1.89 bits per heavy atom. The highest BCUT2D eigenvalue weighted by Crippen LogP contribution is 2.16. The molecular weight excluding hydrogens is 238 g/mol. The SMILES string of the molecule is Cc1[nH]c(C)c2c(=O)n(Cc3ccccc3)ncc12. The summed E-state index contributed by atoms with van der Waals surface area (Å²) in [6.07, 6.45) is 1.76. The van der Waals surface area contributed by atoms with Crippen molar-refractivity contribution in [1.29, 1.82) is 0 Å². The molecule has 4 nitrogen and oxygen atoms in total. The van der Waals surface area contributed by atoms with Crippen molar-refractivity contribution in [2.75, 3.05) is 0 Å². The summed E-state index contributed by atoms with van der Waals surface area (Å²) in [5, 5.41) is 5.91. The minimum absolute atomic E-state index is 0.0387. The van der Waals surface area contributed by atoms with Crippen molar-refractivity contribution in [1.82, 2.24) is 14.8 Å². The zero-order chi connectivity index (χ0) is 13.4. The van der Waals surface area contributed by atoms with Gasteiger partial charge in [0.2, 0.25) is 0 Å². The summed E-state index contributed by atoms with van der Waals surface area (Å²) >= 11 is 0. The number of nitrogens with one attached hydrogen (secondary N) is 1. The average Bonchev–Trinajstić information content (AvgIpc) is 2.70. The number of hydrogen-bond acceptors (Lipinski definition) is 2. The molecule has 0 amide bonds. The standard InChI is InChI=1S/C15H15N3O/c1-10-13-8-16-18(9-12-6-4-3-5-7-12)15(19)14(13)11(2)17-10/h3-8,17H,9H2,1-2H3. The molecule has 4 heteroatoms. The van der Waals surface area contributed by atoms with Crippen molar-refractivity contribution < 1.29 is 0 Å². The minimum Gasteiger partial charge on any atom is -0.361 e. The first kappa shape index (κ1) is 11.7. The number of aromatic amines is 1. The topological polar surface area (TPSA) is 50.7 Å². The van der Waals surface area contributed by atoms with Crippen LogP contribution in [0.5, 0.6) is 0 Å². The molecule has 0 saturated heterocycles. The molecule has 0 aliphatic carbocycles. The number of aromatic nitrogens is 3. The molecule has 0 unspecified atom stereocenters. The first-order valence-electron chi connectivity index (χ1n) is 6.26. The van der Waals surface area contributed by atoms with Crippen LogP contribution in [0.4, 0.5) is 0 Å². The highest BCUT2D eigenvalue weighted by molar-refractivity contribution is 5.86. The average molecular weight is 253 g/mol. The van der Waals surface area contributed by atoms with Crippen molar-refractivity contribution in [3.63, 3.8) is 0 Å². The fourth-order valence-electron chi connectivity index (χ4n) is 2.42. The summed E-state index contributed by atoms with van der Waals surface area (Å²) in [5.74, 6) is 0. The largest absolute Gasteiger partial charge is 0.361 e. The third-order valence-corrected chi connectivity index (χ3v) is 3.37. The number of benzene rings is 1. The Morgan fingerprint density at radius 3 is 2.63 bits per heavy atom. The summed E-state index contributed by atoms with van der Waals surface area (Å²) in [6, 6.07) is 9.87. The van der Waals surface area contributed by atoms with E-state index in [-0.39, 0.29) is 5.56 Å². The van der Waals surface area contributed by atoms with E-state index in [0.717, 1.165) is 27.7 Å². The molecule has 0 spiro atoms. The van der Waals surface area contributed by atoms with Crippen LogP contribution in [0.15, 0.2) is 41.3 Å². The van der Waals surface area contributed by atoms with Crippen LogP contribution in [-0.4, -0.2) is 14.8 Å². The molecule has 1 aromatic carbocycles. The van der Waals surface area contributed by atoms with Crippen LogP contribution in [0.1, 0.15) is 17.0 Å². The normalized spacial score (nSPS) is 11.1. The highest BCUT2D eigenvalue weighted by Gasteiger charge is 2.11. The summed E-state index contributed by atoms with van der Waals surface area (Å²) in [6.45, 7) is 4.38. The van der Waals surface area contributed by atoms with E-state index in [1.165, 1.54) is 4.68 Å². The number of aryl methyl sites for hydroxylation is 2. The van der Waals surface area contributed by atoms with Crippen LogP contribution in [0.25, 0.3) is 10.8 Å². The Hall–Kier alpha value is -2.36. The molecule has 3 aromatic rings. The van der Waals surface area contributed by atoms with Crippen molar-refractivity contribution in [3.8, 4) is 0 Å². The van der Waals surface area contributed by atoms with Crippen LogP contribution in [0, 0.1) is 13.8 Å². The lowest BCUT2D eigenvalue weighted by Gasteiger charge is -2.04. The Morgan fingerprint density at radius 1 is 1.16 bits per heavy atom. The molecule has 1 N–H and O–H groups in total. The highest BCUT2D eigenvalue weighted by atomic mass is 16.1. The van der Waals surface area contributed by atoms with Gasteiger partial charge in [-0.25, -0.2) is 4.68 Å². The Kier molecular flexibility index (Phi) is 2.71. The third kappa shape index (κ3) is 1.95. The van der Waals surface area contributed by atoms with Gasteiger partial charge in [0.05, 0.1) is 18.1 Å². The molecule has 2 heterocycles. The lowest BCUT2D eigenvalue weighted by molar-refractivity contribution is 0.647. The maximum atomic E-state index is 12.4. The Bertz CT molecular complexity index is 784. The molecule has 0 aliphatic rings. The molecule has 0 saturated carbocycles. The van der Waals surface area contributed by atoms with Gasteiger partial charge >= 0.3 is 0 Å². The molecule has 0 fully saturated rings. The van der Waals surface area contributed by atoms with Crippen molar-refractivity contribution in [3.05, 3.63) is 63.8 Å². The van der Waals surface area contributed by atoms with Gasteiger partial charge in [-0.05, 0) is 19.4 Å². The summed E-state index contributed by atoms with van der Waals surface area (Å²) in [5.41, 5.74) is 2.93. The van der Waals surface area contributed by atoms with E-state index in [0.29, 0.717) is 6.54 Å². The van der Waals surface area contributed by atoms with Gasteiger partial charge in [-0.2, -0.15) is 5.10 Å². The fraction of sp³-hybridized carbons (Fsp3) is 0.200. The van der Waals surface area contributed by atoms with Crippen LogP contribution in [0.2, 0.25) is 0 Å². The second-order valence-corrected chi connectivity index (χ2v) is 4.76. The van der Waals surface area contributed by atoms with E-state index in [1.807, 2.05) is 44.2 Å². The van der Waals surface area contributed by atoms with Crippen molar-refractivity contribution >= 4 is 10.8 Å². The zero-order valence-electron chi connectivity index (χ0n) is 11.0. The van der Waals surface area contributed by atoms with Gasteiger partial charge in [0.25, 0.3) is 5.56 Å². The summed E-state index contributed by atoms with van der Waals surface area (Å²) in [7, 11) is 0. The molecule has 3 rings (SSSR count). The molecule has 0 aliphatic heterocycles. The van der Waals surface area contributed by atoms with E-state index in [4.69, 9.17) is 0 Å². The van der Waals surface area contributed by atoms with Crippen molar-refractivity contribution in [2.45, 2.75) is 20.4 Å². The number of hydrogen-bond donors (Lipinski definition) is 1. The molecule has 0 atom stereocenters.